The normalized spacial score (nSPS) is 24.0. The molecule has 1 amide bonds. The second kappa shape index (κ2) is 7.00. The van der Waals surface area contributed by atoms with E-state index < -0.39 is 46.7 Å². The number of rotatable bonds is 3. The Hall–Kier alpha value is -1.52. The minimum absolute atomic E-state index is 0. The lowest BCUT2D eigenvalue weighted by Crippen LogP contribution is -2.35. The number of nitrogens with zero attached hydrogens (tertiary/aromatic N) is 1. The molecule has 1 aromatic carbocycles. The maximum absolute atomic E-state index is 14.0. The molecule has 2 aliphatic heterocycles. The molecule has 25 heavy (non-hydrogen) atoms. The van der Waals surface area contributed by atoms with Crippen molar-refractivity contribution in [1.29, 1.82) is 0 Å². The number of hydrogen-bond donors (Lipinski definition) is 2. The van der Waals surface area contributed by atoms with E-state index in [1.165, 1.54) is 12.1 Å². The van der Waals surface area contributed by atoms with E-state index in [-0.39, 0.29) is 36.1 Å². The summed E-state index contributed by atoms with van der Waals surface area (Å²) in [4.78, 5) is 12.0. The van der Waals surface area contributed by atoms with Gasteiger partial charge in [0.2, 0.25) is 15.9 Å². The van der Waals surface area contributed by atoms with E-state index in [0.29, 0.717) is 6.42 Å². The molecule has 1 unspecified atom stereocenters. The lowest BCUT2D eigenvalue weighted by atomic mass is 10.1. The van der Waals surface area contributed by atoms with Crippen LogP contribution in [0.25, 0.3) is 0 Å². The van der Waals surface area contributed by atoms with Crippen LogP contribution in [0, 0.1) is 5.82 Å². The summed E-state index contributed by atoms with van der Waals surface area (Å²) < 4.78 is 65.0. The molecule has 0 bridgehead atoms. The molecule has 2 N–H and O–H groups in total. The number of carbonyl (C=O) groups is 1. The van der Waals surface area contributed by atoms with E-state index in [4.69, 9.17) is 0 Å². The van der Waals surface area contributed by atoms with Crippen molar-refractivity contribution >= 4 is 39.7 Å². The van der Waals surface area contributed by atoms with Gasteiger partial charge in [-0.15, -0.1) is 12.4 Å². The van der Waals surface area contributed by atoms with Crippen molar-refractivity contribution in [1.82, 2.24) is 5.32 Å². The standard InChI is InChI=1S/C14H16F3N3O3S.ClH/c15-10-3-2-9(6-12(10)20-4-1-5-24(20,22)23)19-13(21)11-7-14(16,17)8-18-11;/h2-3,6,11,18H,1,4-5,7-8H2,(H,19,21);1H. The maximum Gasteiger partial charge on any atom is 0.262 e. The van der Waals surface area contributed by atoms with Gasteiger partial charge in [0.05, 0.1) is 24.0 Å². The number of nitrogens with one attached hydrogen (secondary N) is 2. The zero-order valence-electron chi connectivity index (χ0n) is 13.0. The number of alkyl halides is 2. The van der Waals surface area contributed by atoms with Gasteiger partial charge in [0.1, 0.15) is 5.82 Å². The highest BCUT2D eigenvalue weighted by molar-refractivity contribution is 7.93. The monoisotopic (exact) mass is 399 g/mol. The fraction of sp³-hybridized carbons (Fsp3) is 0.500. The maximum atomic E-state index is 14.0. The Balaban J connectivity index is 0.00000225. The third-order valence-electron chi connectivity index (χ3n) is 4.01. The van der Waals surface area contributed by atoms with Crippen molar-refractivity contribution in [3.8, 4) is 0 Å². The predicted molar refractivity (Wildman–Crippen MR) is 89.4 cm³/mol. The largest absolute Gasteiger partial charge is 0.325 e. The van der Waals surface area contributed by atoms with Crippen LogP contribution in [0.15, 0.2) is 18.2 Å². The van der Waals surface area contributed by atoms with Crippen LogP contribution in [-0.2, 0) is 14.8 Å². The number of carbonyl (C=O) groups excluding carboxylic acids is 1. The van der Waals surface area contributed by atoms with E-state index in [0.717, 1.165) is 10.4 Å². The molecule has 2 aliphatic rings. The summed E-state index contributed by atoms with van der Waals surface area (Å²) in [5.74, 6) is -4.41. The molecular weight excluding hydrogens is 383 g/mol. The third-order valence-corrected chi connectivity index (χ3v) is 5.86. The summed E-state index contributed by atoms with van der Waals surface area (Å²) in [6, 6.07) is 2.44. The quantitative estimate of drug-likeness (QED) is 0.811. The predicted octanol–water partition coefficient (Wildman–Crippen LogP) is 1.72. The summed E-state index contributed by atoms with van der Waals surface area (Å²) in [7, 11) is -3.57. The molecule has 3 rings (SSSR count). The molecule has 11 heteroatoms. The second-order valence-corrected chi connectivity index (χ2v) is 7.90. The Labute approximate surface area is 149 Å². The molecule has 0 radical (unpaired) electrons. The summed E-state index contributed by atoms with van der Waals surface area (Å²) in [5, 5.41) is 4.84. The van der Waals surface area contributed by atoms with Gasteiger partial charge in [-0.2, -0.15) is 0 Å². The van der Waals surface area contributed by atoms with Gasteiger partial charge >= 0.3 is 0 Å². The Morgan fingerprint density at radius 2 is 2.08 bits per heavy atom. The fourth-order valence-corrected chi connectivity index (χ4v) is 4.38. The minimum atomic E-state index is -3.57. The molecule has 140 valence electrons. The van der Waals surface area contributed by atoms with Gasteiger partial charge in [0.25, 0.3) is 5.92 Å². The lowest BCUT2D eigenvalue weighted by Gasteiger charge is -2.19. The van der Waals surface area contributed by atoms with Crippen molar-refractivity contribution in [3.05, 3.63) is 24.0 Å². The number of amides is 1. The molecule has 6 nitrogen and oxygen atoms in total. The SMILES string of the molecule is Cl.O=C(Nc1ccc(F)c(N2CCCS2(=O)=O)c1)C1CC(F)(F)CN1. The van der Waals surface area contributed by atoms with Crippen LogP contribution in [0.2, 0.25) is 0 Å². The first-order valence-corrected chi connectivity index (χ1v) is 9.01. The number of hydrogen-bond acceptors (Lipinski definition) is 4. The average Bonchev–Trinajstić information content (AvgIpc) is 3.02. The second-order valence-electron chi connectivity index (χ2n) is 5.89. The third kappa shape index (κ3) is 4.18. The first-order valence-electron chi connectivity index (χ1n) is 7.40. The molecule has 1 atom stereocenters. The summed E-state index contributed by atoms with van der Waals surface area (Å²) in [6.45, 7) is -0.418. The van der Waals surface area contributed by atoms with Gasteiger partial charge in [-0.3, -0.25) is 14.4 Å². The van der Waals surface area contributed by atoms with Gasteiger partial charge in [-0.25, -0.2) is 21.6 Å². The van der Waals surface area contributed by atoms with Crippen LogP contribution in [-0.4, -0.2) is 45.1 Å². The fourth-order valence-electron chi connectivity index (χ4n) is 2.82. The molecular formula is C14H17ClF3N3O3S. The highest BCUT2D eigenvalue weighted by Crippen LogP contribution is 2.30. The highest BCUT2D eigenvalue weighted by atomic mass is 35.5. The first kappa shape index (κ1) is 19.8. The Morgan fingerprint density at radius 3 is 2.64 bits per heavy atom. The number of sulfonamides is 1. The van der Waals surface area contributed by atoms with Crippen molar-refractivity contribution in [3.63, 3.8) is 0 Å². The van der Waals surface area contributed by atoms with Crippen molar-refractivity contribution in [2.45, 2.75) is 24.8 Å². The highest BCUT2D eigenvalue weighted by Gasteiger charge is 2.42. The Bertz CT molecular complexity index is 776. The molecule has 2 saturated heterocycles. The summed E-state index contributed by atoms with van der Waals surface area (Å²) in [5.41, 5.74) is -0.00877. The van der Waals surface area contributed by atoms with E-state index in [9.17, 15) is 26.4 Å². The number of halogens is 4. The topological polar surface area (TPSA) is 78.5 Å². The van der Waals surface area contributed by atoms with E-state index >= 15 is 0 Å². The van der Waals surface area contributed by atoms with Gasteiger partial charge < -0.3 is 5.32 Å². The number of benzene rings is 1. The van der Waals surface area contributed by atoms with Crippen LogP contribution in [0.4, 0.5) is 24.5 Å². The van der Waals surface area contributed by atoms with Crippen molar-refractivity contribution in [2.24, 2.45) is 0 Å². The summed E-state index contributed by atoms with van der Waals surface area (Å²) >= 11 is 0. The molecule has 0 saturated carbocycles. The van der Waals surface area contributed by atoms with Crippen LogP contribution in [0.1, 0.15) is 12.8 Å². The van der Waals surface area contributed by atoms with Crippen LogP contribution in [0.5, 0.6) is 0 Å². The van der Waals surface area contributed by atoms with Gasteiger partial charge in [-0.05, 0) is 24.6 Å². The van der Waals surface area contributed by atoms with E-state index in [1.54, 1.807) is 0 Å². The summed E-state index contributed by atoms with van der Waals surface area (Å²) in [6.07, 6.45) is -0.229. The van der Waals surface area contributed by atoms with Crippen LogP contribution in [0.3, 0.4) is 0 Å². The van der Waals surface area contributed by atoms with Crippen molar-refractivity contribution < 1.29 is 26.4 Å². The first-order chi connectivity index (χ1) is 11.2. The lowest BCUT2D eigenvalue weighted by molar-refractivity contribution is -0.118. The molecule has 0 aromatic heterocycles. The van der Waals surface area contributed by atoms with Gasteiger partial charge in [-0.1, -0.05) is 0 Å². The molecule has 0 aliphatic carbocycles. The van der Waals surface area contributed by atoms with Crippen LogP contribution >= 0.6 is 12.4 Å². The molecule has 0 spiro atoms. The minimum Gasteiger partial charge on any atom is -0.325 e. The molecule has 1 aromatic rings. The van der Waals surface area contributed by atoms with Crippen molar-refractivity contribution in [2.75, 3.05) is 28.5 Å². The van der Waals surface area contributed by atoms with Gasteiger partial charge in [0.15, 0.2) is 0 Å². The smallest absolute Gasteiger partial charge is 0.262 e. The zero-order valence-corrected chi connectivity index (χ0v) is 14.6. The molecule has 2 fully saturated rings. The average molecular weight is 400 g/mol. The Morgan fingerprint density at radius 1 is 1.36 bits per heavy atom. The number of anilines is 2. The Kier molecular flexibility index (Phi) is 5.55. The van der Waals surface area contributed by atoms with Gasteiger partial charge in [0, 0.05) is 18.7 Å². The van der Waals surface area contributed by atoms with E-state index in [2.05, 4.69) is 10.6 Å². The van der Waals surface area contributed by atoms with Crippen LogP contribution < -0.4 is 14.9 Å². The molecule has 2 heterocycles. The zero-order chi connectivity index (χ0) is 17.5. The van der Waals surface area contributed by atoms with E-state index in [1.807, 2.05) is 0 Å².